The van der Waals surface area contributed by atoms with E-state index in [1.54, 1.807) is 16.7 Å². The molecule has 6 heteroatoms. The molecule has 2 aromatic heterocycles. The Hall–Kier alpha value is -2.18. The van der Waals surface area contributed by atoms with Crippen molar-refractivity contribution in [2.75, 3.05) is 13.2 Å². The minimum Gasteiger partial charge on any atom is -0.494 e. The highest BCUT2D eigenvalue weighted by molar-refractivity contribution is 7.15. The monoisotopic (exact) mass is 357 g/mol. The topological polar surface area (TPSA) is 46.8 Å². The van der Waals surface area contributed by atoms with Crippen LogP contribution in [0.2, 0.25) is 0 Å². The van der Waals surface area contributed by atoms with E-state index in [4.69, 9.17) is 4.74 Å². The van der Waals surface area contributed by atoms with Gasteiger partial charge in [0.15, 0.2) is 4.96 Å². The molecule has 2 heterocycles. The van der Waals surface area contributed by atoms with Crippen LogP contribution in [0.25, 0.3) is 4.96 Å². The minimum atomic E-state index is -0.0150. The summed E-state index contributed by atoms with van der Waals surface area (Å²) in [6.07, 6.45) is 2.82. The van der Waals surface area contributed by atoms with E-state index in [2.05, 4.69) is 28.9 Å². The third-order valence-corrected chi connectivity index (χ3v) is 4.68. The molecule has 25 heavy (non-hydrogen) atoms. The van der Waals surface area contributed by atoms with Crippen LogP contribution in [0.1, 0.15) is 31.5 Å². The van der Waals surface area contributed by atoms with E-state index < -0.39 is 0 Å². The molecule has 3 aromatic rings. The fraction of sp³-hybridized carbons (Fsp3) is 0.368. The van der Waals surface area contributed by atoms with Gasteiger partial charge in [-0.25, -0.2) is 4.98 Å². The number of fused-ring (bicyclic) bond motifs is 1. The first-order chi connectivity index (χ1) is 12.2. The van der Waals surface area contributed by atoms with Crippen molar-refractivity contribution in [3.05, 3.63) is 63.5 Å². The van der Waals surface area contributed by atoms with Gasteiger partial charge in [0.2, 0.25) is 0 Å². The summed E-state index contributed by atoms with van der Waals surface area (Å²) < 4.78 is 7.08. The molecule has 0 bridgehead atoms. The van der Waals surface area contributed by atoms with Crippen LogP contribution in [0.4, 0.5) is 0 Å². The van der Waals surface area contributed by atoms with Crippen LogP contribution in [0.15, 0.2) is 46.7 Å². The standard InChI is InChI=1S/C19H23N3O2S/c1-3-9-21(13-15-5-7-17(8-6-15)24-4-2)14-16-12-18(23)22-10-11-25-19(22)20-16/h5-8,10-12H,3-4,9,13-14H2,1-2H3. The summed E-state index contributed by atoms with van der Waals surface area (Å²) in [5.41, 5.74) is 2.04. The Bertz CT molecular complexity index is 870. The van der Waals surface area contributed by atoms with Crippen molar-refractivity contribution in [2.45, 2.75) is 33.4 Å². The molecule has 1 aromatic carbocycles. The van der Waals surface area contributed by atoms with Gasteiger partial charge in [0.1, 0.15) is 5.75 Å². The number of hydrogen-bond donors (Lipinski definition) is 0. The van der Waals surface area contributed by atoms with Crippen LogP contribution >= 0.6 is 11.3 Å². The zero-order valence-electron chi connectivity index (χ0n) is 14.6. The summed E-state index contributed by atoms with van der Waals surface area (Å²) in [7, 11) is 0. The molecule has 0 N–H and O–H groups in total. The molecule has 0 aliphatic heterocycles. The lowest BCUT2D eigenvalue weighted by Gasteiger charge is -2.21. The van der Waals surface area contributed by atoms with Crippen LogP contribution < -0.4 is 10.3 Å². The Labute approximate surface area is 151 Å². The van der Waals surface area contributed by atoms with Gasteiger partial charge >= 0.3 is 0 Å². The highest BCUT2D eigenvalue weighted by Gasteiger charge is 2.10. The van der Waals surface area contributed by atoms with Gasteiger partial charge in [-0.15, -0.1) is 11.3 Å². The highest BCUT2D eigenvalue weighted by atomic mass is 32.1. The van der Waals surface area contributed by atoms with Crippen molar-refractivity contribution < 1.29 is 4.74 Å². The summed E-state index contributed by atoms with van der Waals surface area (Å²) in [6, 6.07) is 9.84. The quantitative estimate of drug-likeness (QED) is 0.618. The fourth-order valence-electron chi connectivity index (χ4n) is 2.84. The van der Waals surface area contributed by atoms with Gasteiger partial charge in [-0.1, -0.05) is 19.1 Å². The lowest BCUT2D eigenvalue weighted by atomic mass is 10.2. The van der Waals surface area contributed by atoms with E-state index in [1.165, 1.54) is 16.9 Å². The molecule has 5 nitrogen and oxygen atoms in total. The van der Waals surface area contributed by atoms with Gasteiger partial charge < -0.3 is 4.74 Å². The summed E-state index contributed by atoms with van der Waals surface area (Å²) in [4.78, 5) is 19.8. The molecule has 0 saturated carbocycles. The van der Waals surface area contributed by atoms with Crippen LogP contribution in [-0.4, -0.2) is 27.4 Å². The SMILES string of the molecule is CCCN(Cc1ccc(OCC)cc1)Cc1cc(=O)n2ccsc2n1. The number of ether oxygens (including phenoxy) is 1. The van der Waals surface area contributed by atoms with E-state index in [-0.39, 0.29) is 5.56 Å². The van der Waals surface area contributed by atoms with Crippen molar-refractivity contribution in [2.24, 2.45) is 0 Å². The first-order valence-corrected chi connectivity index (χ1v) is 9.47. The average molecular weight is 357 g/mol. The predicted octanol–water partition coefficient (Wildman–Crippen LogP) is 3.57. The van der Waals surface area contributed by atoms with E-state index in [0.717, 1.165) is 35.9 Å². The minimum absolute atomic E-state index is 0.0150. The Morgan fingerprint density at radius 3 is 2.72 bits per heavy atom. The first-order valence-electron chi connectivity index (χ1n) is 8.59. The fourth-order valence-corrected chi connectivity index (χ4v) is 3.58. The normalized spacial score (nSPS) is 11.3. The third-order valence-electron chi connectivity index (χ3n) is 3.92. The van der Waals surface area contributed by atoms with Crippen LogP contribution in [0, 0.1) is 0 Å². The van der Waals surface area contributed by atoms with Gasteiger partial charge in [0, 0.05) is 30.7 Å². The van der Waals surface area contributed by atoms with Gasteiger partial charge in [-0.2, -0.15) is 0 Å². The largest absolute Gasteiger partial charge is 0.494 e. The van der Waals surface area contributed by atoms with Crippen molar-refractivity contribution >= 4 is 16.3 Å². The number of thiazole rings is 1. The zero-order chi connectivity index (χ0) is 17.6. The molecule has 132 valence electrons. The first kappa shape index (κ1) is 17.6. The summed E-state index contributed by atoms with van der Waals surface area (Å²) in [6.45, 7) is 7.27. The highest BCUT2D eigenvalue weighted by Crippen LogP contribution is 2.15. The number of hydrogen-bond acceptors (Lipinski definition) is 5. The van der Waals surface area contributed by atoms with E-state index >= 15 is 0 Å². The van der Waals surface area contributed by atoms with Crippen molar-refractivity contribution in [1.82, 2.24) is 14.3 Å². The number of aromatic nitrogens is 2. The van der Waals surface area contributed by atoms with Crippen molar-refractivity contribution in [1.29, 1.82) is 0 Å². The average Bonchev–Trinajstić information content (AvgIpc) is 3.06. The van der Waals surface area contributed by atoms with Crippen LogP contribution in [0.3, 0.4) is 0 Å². The Balaban J connectivity index is 1.74. The molecule has 0 atom stereocenters. The van der Waals surface area contributed by atoms with Crippen LogP contribution in [0.5, 0.6) is 5.75 Å². The molecule has 3 rings (SSSR count). The summed E-state index contributed by atoms with van der Waals surface area (Å²) in [5, 5.41) is 1.89. The van der Waals surface area contributed by atoms with Crippen molar-refractivity contribution in [3.63, 3.8) is 0 Å². The maximum absolute atomic E-state index is 12.2. The van der Waals surface area contributed by atoms with Crippen molar-refractivity contribution in [3.8, 4) is 5.75 Å². The number of rotatable bonds is 8. The van der Waals surface area contributed by atoms with Crippen LogP contribution in [-0.2, 0) is 13.1 Å². The van der Waals surface area contributed by atoms with E-state index in [0.29, 0.717) is 13.2 Å². The molecular formula is C19H23N3O2S. The molecular weight excluding hydrogens is 334 g/mol. The summed E-state index contributed by atoms with van der Waals surface area (Å²) >= 11 is 1.49. The number of nitrogens with zero attached hydrogens (tertiary/aromatic N) is 3. The third kappa shape index (κ3) is 4.46. The lowest BCUT2D eigenvalue weighted by molar-refractivity contribution is 0.254. The molecule has 0 unspecified atom stereocenters. The van der Waals surface area contributed by atoms with Gasteiger partial charge in [0.25, 0.3) is 5.56 Å². The molecule has 0 amide bonds. The zero-order valence-corrected chi connectivity index (χ0v) is 15.5. The Kier molecular flexibility index (Phi) is 5.83. The van der Waals surface area contributed by atoms with Gasteiger partial charge in [-0.05, 0) is 37.6 Å². The second-order valence-electron chi connectivity index (χ2n) is 5.93. The summed E-state index contributed by atoms with van der Waals surface area (Å²) in [5.74, 6) is 0.895. The molecule has 0 radical (unpaired) electrons. The second kappa shape index (κ2) is 8.27. The molecule has 0 aliphatic carbocycles. The smallest absolute Gasteiger partial charge is 0.258 e. The second-order valence-corrected chi connectivity index (χ2v) is 6.80. The van der Waals surface area contributed by atoms with E-state index in [9.17, 15) is 4.79 Å². The molecule has 0 aliphatic rings. The number of benzene rings is 1. The predicted molar refractivity (Wildman–Crippen MR) is 101 cm³/mol. The Morgan fingerprint density at radius 1 is 1.20 bits per heavy atom. The maximum Gasteiger partial charge on any atom is 0.258 e. The lowest BCUT2D eigenvalue weighted by Crippen LogP contribution is -2.25. The van der Waals surface area contributed by atoms with Gasteiger partial charge in [0.05, 0.1) is 12.3 Å². The molecule has 0 saturated heterocycles. The van der Waals surface area contributed by atoms with Gasteiger partial charge in [-0.3, -0.25) is 14.1 Å². The molecule has 0 fully saturated rings. The maximum atomic E-state index is 12.2. The molecule has 0 spiro atoms. The van der Waals surface area contributed by atoms with E-state index in [1.807, 2.05) is 24.4 Å². The Morgan fingerprint density at radius 2 is 2.00 bits per heavy atom.